The lowest BCUT2D eigenvalue weighted by Crippen LogP contribution is -2.74. The summed E-state index contributed by atoms with van der Waals surface area (Å²) in [7, 11) is 4.12. The zero-order valence-electron chi connectivity index (χ0n) is 15.3. The number of anilines is 1. The zero-order chi connectivity index (χ0) is 17.1. The maximum atomic E-state index is 11.7. The van der Waals surface area contributed by atoms with Gasteiger partial charge < -0.3 is 14.7 Å². The van der Waals surface area contributed by atoms with E-state index >= 15 is 0 Å². The van der Waals surface area contributed by atoms with Crippen molar-refractivity contribution in [1.29, 1.82) is 0 Å². The molecule has 1 aromatic rings. The fourth-order valence-electron chi connectivity index (χ4n) is 8.15. The minimum atomic E-state index is -0.246. The van der Waals surface area contributed by atoms with Crippen molar-refractivity contribution in [2.24, 2.45) is 11.8 Å². The number of rotatable bonds is 2. The van der Waals surface area contributed by atoms with Crippen LogP contribution in [-0.2, 0) is 10.2 Å². The molecule has 4 saturated heterocycles. The fraction of sp³-hybridized carbons (Fsp3) is 0.714. The number of aliphatic hydroxyl groups excluding tert-OH is 1. The lowest BCUT2D eigenvalue weighted by molar-refractivity contribution is -0.180. The van der Waals surface area contributed by atoms with E-state index in [-0.39, 0.29) is 17.6 Å². The van der Waals surface area contributed by atoms with Crippen molar-refractivity contribution in [2.75, 3.05) is 19.1 Å². The van der Waals surface area contributed by atoms with Gasteiger partial charge in [0, 0.05) is 49.3 Å². The van der Waals surface area contributed by atoms with Gasteiger partial charge in [-0.2, -0.15) is 0 Å². The van der Waals surface area contributed by atoms with Crippen molar-refractivity contribution in [3.8, 4) is 0 Å². The number of nitrogens with zero attached hydrogens (tertiary/aromatic N) is 2. The summed E-state index contributed by atoms with van der Waals surface area (Å²) < 4.78 is 6.00. The van der Waals surface area contributed by atoms with Gasteiger partial charge in [-0.05, 0) is 36.8 Å². The molecule has 6 aliphatic rings. The number of benzene rings is 1. The number of piperidine rings is 4. The normalized spacial score (nSPS) is 54.1. The molecule has 0 amide bonds. The van der Waals surface area contributed by atoms with Crippen molar-refractivity contribution in [1.82, 2.24) is 4.90 Å². The molecule has 1 aliphatic carbocycles. The molecule has 1 unspecified atom stereocenters. The Balaban J connectivity index is 1.58. The second kappa shape index (κ2) is 4.59. The second-order valence-electron chi connectivity index (χ2n) is 9.00. The molecule has 134 valence electrons. The first kappa shape index (κ1) is 15.0. The Kier molecular flexibility index (Phi) is 2.76. The van der Waals surface area contributed by atoms with Gasteiger partial charge >= 0.3 is 0 Å². The Morgan fingerprint density at radius 3 is 2.84 bits per heavy atom. The first-order valence-electron chi connectivity index (χ1n) is 9.95. The molecule has 10 atom stereocenters. The molecule has 4 heteroatoms. The number of ether oxygens (including phenoxy) is 1. The Morgan fingerprint density at radius 2 is 2.08 bits per heavy atom. The number of likely N-dealkylation sites (N-methyl/N-ethyl adjacent to an activating group) is 1. The molecule has 1 saturated carbocycles. The summed E-state index contributed by atoms with van der Waals surface area (Å²) in [5.74, 6) is 0.879. The Labute approximate surface area is 149 Å². The van der Waals surface area contributed by atoms with Crippen LogP contribution in [0, 0.1) is 11.8 Å². The summed E-state index contributed by atoms with van der Waals surface area (Å²) in [5.41, 5.74) is 2.67. The van der Waals surface area contributed by atoms with Crippen LogP contribution in [-0.4, -0.2) is 60.5 Å². The van der Waals surface area contributed by atoms with Crippen LogP contribution in [0.2, 0.25) is 0 Å². The van der Waals surface area contributed by atoms with Crippen molar-refractivity contribution in [2.45, 2.75) is 68.0 Å². The third kappa shape index (κ3) is 1.39. The maximum Gasteiger partial charge on any atom is 0.0759 e. The van der Waals surface area contributed by atoms with Crippen molar-refractivity contribution < 1.29 is 9.84 Å². The lowest BCUT2D eigenvalue weighted by Gasteiger charge is -2.63. The number of methoxy groups -OCH3 is 1. The van der Waals surface area contributed by atoms with Gasteiger partial charge in [0.05, 0.1) is 18.2 Å². The maximum absolute atomic E-state index is 11.7. The van der Waals surface area contributed by atoms with E-state index in [1.807, 2.05) is 7.11 Å². The summed E-state index contributed by atoms with van der Waals surface area (Å²) in [5, 5.41) is 11.7. The summed E-state index contributed by atoms with van der Waals surface area (Å²) in [6.07, 6.45) is 3.47. The molecule has 5 heterocycles. The van der Waals surface area contributed by atoms with E-state index in [0.29, 0.717) is 36.0 Å². The highest BCUT2D eigenvalue weighted by molar-refractivity contribution is 5.67. The summed E-state index contributed by atoms with van der Waals surface area (Å²) in [6.45, 7) is 2.30. The van der Waals surface area contributed by atoms with E-state index in [4.69, 9.17) is 4.74 Å². The number of aliphatic hydroxyl groups is 1. The summed E-state index contributed by atoms with van der Waals surface area (Å²) in [6, 6.07) is 10.8. The predicted molar refractivity (Wildman–Crippen MR) is 96.8 cm³/mol. The molecular formula is C21H28N2O2. The van der Waals surface area contributed by atoms with Crippen LogP contribution in [0.15, 0.2) is 24.3 Å². The van der Waals surface area contributed by atoms with Gasteiger partial charge in [0.1, 0.15) is 0 Å². The Hall–Kier alpha value is -1.10. The van der Waals surface area contributed by atoms with E-state index in [2.05, 4.69) is 48.0 Å². The van der Waals surface area contributed by atoms with Crippen LogP contribution in [0.5, 0.6) is 0 Å². The molecule has 5 bridgehead atoms. The monoisotopic (exact) mass is 340 g/mol. The molecule has 7 rings (SSSR count). The van der Waals surface area contributed by atoms with Crippen molar-refractivity contribution >= 4 is 5.69 Å². The smallest absolute Gasteiger partial charge is 0.0759 e. The van der Waals surface area contributed by atoms with Crippen LogP contribution in [0.1, 0.15) is 31.7 Å². The van der Waals surface area contributed by atoms with E-state index in [9.17, 15) is 5.11 Å². The number of para-hydroxylation sites is 1. The fourth-order valence-corrected chi connectivity index (χ4v) is 8.15. The SMILES string of the molecule is CC[C@@H]1[C@@H](OC)[C@@H]2C[C@H]3[C@@H]4N(C)c5ccccc5[C@]45C[C@@H]([C@H]2[C@@H]5O)N13. The highest BCUT2D eigenvalue weighted by atomic mass is 16.5. The second-order valence-corrected chi connectivity index (χ2v) is 9.00. The third-order valence-corrected chi connectivity index (χ3v) is 8.63. The third-order valence-electron chi connectivity index (χ3n) is 8.63. The van der Waals surface area contributed by atoms with Gasteiger partial charge in [-0.15, -0.1) is 0 Å². The van der Waals surface area contributed by atoms with Crippen LogP contribution < -0.4 is 4.90 Å². The highest BCUT2D eigenvalue weighted by Crippen LogP contribution is 2.68. The van der Waals surface area contributed by atoms with E-state index in [1.165, 1.54) is 17.7 Å². The Bertz CT molecular complexity index is 738. The lowest BCUT2D eigenvalue weighted by atomic mass is 9.63. The number of fused-ring (bicyclic) bond motifs is 2. The molecule has 1 spiro atoms. The average Bonchev–Trinajstić information content (AvgIpc) is 3.03. The minimum Gasteiger partial charge on any atom is -0.392 e. The predicted octanol–water partition coefficient (Wildman–Crippen LogP) is 2.00. The van der Waals surface area contributed by atoms with Gasteiger partial charge in [0.2, 0.25) is 0 Å². The largest absolute Gasteiger partial charge is 0.392 e. The molecule has 0 radical (unpaired) electrons. The topological polar surface area (TPSA) is 35.9 Å². The molecule has 0 aromatic heterocycles. The van der Waals surface area contributed by atoms with Gasteiger partial charge in [-0.25, -0.2) is 0 Å². The van der Waals surface area contributed by atoms with E-state index in [0.717, 1.165) is 12.8 Å². The molecule has 5 aliphatic heterocycles. The van der Waals surface area contributed by atoms with Crippen LogP contribution in [0.25, 0.3) is 0 Å². The first-order valence-corrected chi connectivity index (χ1v) is 9.95. The van der Waals surface area contributed by atoms with Gasteiger partial charge in [0.15, 0.2) is 0 Å². The molecule has 4 nitrogen and oxygen atoms in total. The van der Waals surface area contributed by atoms with Gasteiger partial charge in [-0.3, -0.25) is 4.90 Å². The summed E-state index contributed by atoms with van der Waals surface area (Å²) in [4.78, 5) is 5.29. The zero-order valence-corrected chi connectivity index (χ0v) is 15.3. The molecular weight excluding hydrogens is 312 g/mol. The van der Waals surface area contributed by atoms with E-state index < -0.39 is 0 Å². The van der Waals surface area contributed by atoms with Crippen molar-refractivity contribution in [3.05, 3.63) is 29.8 Å². The van der Waals surface area contributed by atoms with Crippen molar-refractivity contribution in [3.63, 3.8) is 0 Å². The van der Waals surface area contributed by atoms with E-state index in [1.54, 1.807) is 0 Å². The number of hydrogen-bond donors (Lipinski definition) is 1. The van der Waals surface area contributed by atoms with Crippen LogP contribution in [0.4, 0.5) is 5.69 Å². The molecule has 1 aromatic carbocycles. The standard InChI is InChI=1S/C21H28N2O2/c1-4-13-18(25-3)11-9-15-19-21(10-16(23(13)15)17(11)20(21)24)12-7-5-6-8-14(12)22(19)2/h5-8,11,13,15-20,24H,4,9-10H2,1-3H3/t11-,13-,15+,16+,17+,18+,19+,20+,21-/m1/s1. The molecule has 25 heavy (non-hydrogen) atoms. The van der Waals surface area contributed by atoms with Gasteiger partial charge in [-0.1, -0.05) is 25.1 Å². The van der Waals surface area contributed by atoms with Crippen LogP contribution >= 0.6 is 0 Å². The van der Waals surface area contributed by atoms with Crippen LogP contribution in [0.3, 0.4) is 0 Å². The van der Waals surface area contributed by atoms with Gasteiger partial charge in [0.25, 0.3) is 0 Å². The number of hydrogen-bond acceptors (Lipinski definition) is 4. The molecule has 1 N–H and O–H groups in total. The highest BCUT2D eigenvalue weighted by Gasteiger charge is 2.76. The summed E-state index contributed by atoms with van der Waals surface area (Å²) >= 11 is 0. The quantitative estimate of drug-likeness (QED) is 0.893. The molecule has 5 fully saturated rings. The average molecular weight is 340 g/mol. The minimum absolute atomic E-state index is 0.0719. The Morgan fingerprint density at radius 1 is 1.28 bits per heavy atom. The first-order chi connectivity index (χ1) is 12.1.